The van der Waals surface area contributed by atoms with E-state index in [-0.39, 0.29) is 0 Å². The minimum absolute atomic E-state index is 0.670. The average molecular weight is 372 g/mol. The van der Waals surface area contributed by atoms with Crippen molar-refractivity contribution in [1.29, 1.82) is 0 Å². The topological polar surface area (TPSA) is 15.3 Å². The lowest BCUT2D eigenvalue weighted by Crippen LogP contribution is -2.56. The Morgan fingerprint density at radius 1 is 1.29 bits per heavy atom. The summed E-state index contributed by atoms with van der Waals surface area (Å²) in [6.07, 6.45) is 7.76. The van der Waals surface area contributed by atoms with Crippen LogP contribution in [0.1, 0.15) is 45.4 Å². The van der Waals surface area contributed by atoms with Crippen LogP contribution in [-0.2, 0) is 0 Å². The third-order valence-corrected chi connectivity index (χ3v) is 6.09. The van der Waals surface area contributed by atoms with Crippen LogP contribution in [0.5, 0.6) is 0 Å². The van der Waals surface area contributed by atoms with Gasteiger partial charge in [-0.05, 0) is 79.2 Å². The van der Waals surface area contributed by atoms with E-state index < -0.39 is 0 Å². The van der Waals surface area contributed by atoms with Gasteiger partial charge in [-0.3, -0.25) is 0 Å². The van der Waals surface area contributed by atoms with Crippen molar-refractivity contribution in [2.45, 2.75) is 63.6 Å². The van der Waals surface area contributed by atoms with E-state index in [2.05, 4.69) is 51.3 Å². The molecule has 0 saturated carbocycles. The number of nitrogens with zero attached hydrogens (tertiary/aromatic N) is 1. The average Bonchev–Trinajstić information content (AvgIpc) is 2.47. The Balaban J connectivity index is 1.78. The highest BCUT2D eigenvalue weighted by atomic mass is 79.9. The Labute approximate surface area is 141 Å². The lowest BCUT2D eigenvalue weighted by Gasteiger charge is -2.50. The molecule has 0 aromatic heterocycles. The monoisotopic (exact) mass is 370 g/mol. The molecule has 1 N–H and O–H groups in total. The molecule has 1 aromatic rings. The molecule has 2 aliphatic rings. The number of hydrogen-bond donors (Lipinski definition) is 1. The quantitative estimate of drug-likeness (QED) is 0.802. The Morgan fingerprint density at radius 3 is 2.62 bits per heavy atom. The second-order valence-corrected chi connectivity index (χ2v) is 7.63. The highest BCUT2D eigenvalue weighted by Gasteiger charge is 2.38. The lowest BCUT2D eigenvalue weighted by molar-refractivity contribution is 0.246. The van der Waals surface area contributed by atoms with Gasteiger partial charge in [0, 0.05) is 28.3 Å². The molecule has 0 amide bonds. The Bertz CT molecular complexity index is 480. The molecule has 2 unspecified atom stereocenters. The van der Waals surface area contributed by atoms with Crippen molar-refractivity contribution in [3.63, 3.8) is 0 Å². The van der Waals surface area contributed by atoms with Crippen LogP contribution in [0.4, 0.5) is 5.69 Å². The molecular formula is C17H24BrClN2. The number of rotatable bonds is 4. The SMILES string of the molecule is CCCNC1CC2CCCC(C1)N2c1ccc(Br)c(Cl)c1. The first-order chi connectivity index (χ1) is 10.2. The van der Waals surface area contributed by atoms with E-state index in [1.54, 1.807) is 0 Å². The van der Waals surface area contributed by atoms with Gasteiger partial charge in [-0.1, -0.05) is 18.5 Å². The number of hydrogen-bond acceptors (Lipinski definition) is 2. The fourth-order valence-corrected chi connectivity index (χ4v) is 4.39. The van der Waals surface area contributed by atoms with Gasteiger partial charge >= 0.3 is 0 Å². The molecule has 2 heterocycles. The fourth-order valence-electron chi connectivity index (χ4n) is 3.96. The number of anilines is 1. The van der Waals surface area contributed by atoms with Crippen LogP contribution >= 0.6 is 27.5 Å². The smallest absolute Gasteiger partial charge is 0.0568 e. The van der Waals surface area contributed by atoms with Crippen LogP contribution in [0.25, 0.3) is 0 Å². The first kappa shape index (κ1) is 15.6. The Morgan fingerprint density at radius 2 is 2.00 bits per heavy atom. The zero-order valence-electron chi connectivity index (χ0n) is 12.6. The highest BCUT2D eigenvalue weighted by molar-refractivity contribution is 9.10. The molecule has 0 aliphatic carbocycles. The highest BCUT2D eigenvalue weighted by Crippen LogP contribution is 2.39. The van der Waals surface area contributed by atoms with E-state index in [0.29, 0.717) is 18.1 Å². The van der Waals surface area contributed by atoms with Crippen molar-refractivity contribution in [3.8, 4) is 0 Å². The van der Waals surface area contributed by atoms with Crippen LogP contribution in [-0.4, -0.2) is 24.7 Å². The molecule has 116 valence electrons. The van der Waals surface area contributed by atoms with Gasteiger partial charge in [-0.25, -0.2) is 0 Å². The van der Waals surface area contributed by atoms with Crippen LogP contribution in [0, 0.1) is 0 Å². The molecule has 3 rings (SSSR count). The van der Waals surface area contributed by atoms with Gasteiger partial charge in [0.25, 0.3) is 0 Å². The second-order valence-electron chi connectivity index (χ2n) is 6.37. The zero-order chi connectivity index (χ0) is 14.8. The van der Waals surface area contributed by atoms with Gasteiger partial charge in [-0.2, -0.15) is 0 Å². The van der Waals surface area contributed by atoms with Crippen LogP contribution < -0.4 is 10.2 Å². The lowest BCUT2D eigenvalue weighted by atomic mass is 9.81. The van der Waals surface area contributed by atoms with Gasteiger partial charge in [0.05, 0.1) is 5.02 Å². The summed E-state index contributed by atoms with van der Waals surface area (Å²) >= 11 is 9.79. The standard InChI is InChI=1S/C17H24BrClN2/c1-2-8-20-12-9-13-4-3-5-14(10-12)21(13)15-6-7-16(18)17(19)11-15/h6-7,11-14,20H,2-5,8-10H2,1H3. The van der Waals surface area contributed by atoms with Crippen molar-refractivity contribution in [3.05, 3.63) is 27.7 Å². The maximum Gasteiger partial charge on any atom is 0.0568 e. The molecule has 2 nitrogen and oxygen atoms in total. The normalized spacial score (nSPS) is 28.7. The first-order valence-corrected chi connectivity index (χ1v) is 9.33. The summed E-state index contributed by atoms with van der Waals surface area (Å²) in [7, 11) is 0. The molecule has 21 heavy (non-hydrogen) atoms. The van der Waals surface area contributed by atoms with E-state index in [9.17, 15) is 0 Å². The second kappa shape index (κ2) is 6.89. The summed E-state index contributed by atoms with van der Waals surface area (Å²) in [5.41, 5.74) is 1.30. The maximum absolute atomic E-state index is 6.30. The molecule has 2 fully saturated rings. The molecule has 2 saturated heterocycles. The van der Waals surface area contributed by atoms with Gasteiger partial charge in [-0.15, -0.1) is 0 Å². The van der Waals surface area contributed by atoms with Gasteiger partial charge in [0.15, 0.2) is 0 Å². The largest absolute Gasteiger partial charge is 0.365 e. The number of benzene rings is 1. The molecular weight excluding hydrogens is 348 g/mol. The number of halogens is 2. The third-order valence-electron chi connectivity index (χ3n) is 4.86. The van der Waals surface area contributed by atoms with Crippen LogP contribution in [0.15, 0.2) is 22.7 Å². The molecule has 4 heteroatoms. The Hall–Kier alpha value is -0.250. The summed E-state index contributed by atoms with van der Waals surface area (Å²) < 4.78 is 0.984. The van der Waals surface area contributed by atoms with Gasteiger partial charge < -0.3 is 10.2 Å². The number of nitrogens with one attached hydrogen (secondary N) is 1. The molecule has 2 bridgehead atoms. The van der Waals surface area contributed by atoms with Crippen molar-refractivity contribution < 1.29 is 0 Å². The first-order valence-electron chi connectivity index (χ1n) is 8.15. The van der Waals surface area contributed by atoms with E-state index in [0.717, 1.165) is 16.0 Å². The summed E-state index contributed by atoms with van der Waals surface area (Å²) in [5, 5.41) is 4.55. The van der Waals surface area contributed by atoms with E-state index in [1.165, 1.54) is 44.2 Å². The Kier molecular flexibility index (Phi) is 5.13. The van der Waals surface area contributed by atoms with Gasteiger partial charge in [0.2, 0.25) is 0 Å². The van der Waals surface area contributed by atoms with Crippen LogP contribution in [0.3, 0.4) is 0 Å². The minimum atomic E-state index is 0.670. The summed E-state index contributed by atoms with van der Waals surface area (Å²) in [4.78, 5) is 2.64. The van der Waals surface area contributed by atoms with E-state index >= 15 is 0 Å². The fraction of sp³-hybridized carbons (Fsp3) is 0.647. The predicted octanol–water partition coefficient (Wildman–Crippen LogP) is 4.99. The zero-order valence-corrected chi connectivity index (χ0v) is 15.0. The molecule has 0 spiro atoms. The summed E-state index contributed by atoms with van der Waals surface area (Å²) in [6, 6.07) is 8.45. The van der Waals surface area contributed by atoms with Crippen molar-refractivity contribution >= 4 is 33.2 Å². The van der Waals surface area contributed by atoms with E-state index in [4.69, 9.17) is 11.6 Å². The summed E-state index contributed by atoms with van der Waals surface area (Å²) in [5.74, 6) is 0. The van der Waals surface area contributed by atoms with Crippen LogP contribution in [0.2, 0.25) is 5.02 Å². The maximum atomic E-state index is 6.30. The molecule has 2 aliphatic heterocycles. The van der Waals surface area contributed by atoms with E-state index in [1.807, 2.05) is 0 Å². The van der Waals surface area contributed by atoms with Crippen molar-refractivity contribution in [2.75, 3.05) is 11.4 Å². The minimum Gasteiger partial charge on any atom is -0.365 e. The van der Waals surface area contributed by atoms with Crippen molar-refractivity contribution in [2.24, 2.45) is 0 Å². The molecule has 1 aromatic carbocycles. The predicted molar refractivity (Wildman–Crippen MR) is 94.4 cm³/mol. The van der Waals surface area contributed by atoms with Crippen molar-refractivity contribution in [1.82, 2.24) is 5.32 Å². The molecule has 2 atom stereocenters. The summed E-state index contributed by atoms with van der Waals surface area (Å²) in [6.45, 7) is 3.39. The van der Waals surface area contributed by atoms with Gasteiger partial charge in [0.1, 0.15) is 0 Å². The number of fused-ring (bicyclic) bond motifs is 2. The molecule has 0 radical (unpaired) electrons. The number of piperidine rings is 2. The third kappa shape index (κ3) is 3.40.